The maximum atomic E-state index is 4.03. The summed E-state index contributed by atoms with van der Waals surface area (Å²) in [6, 6.07) is 0. The molecular weight excluding hydrogens is 134 g/mol. The first-order valence-electron chi connectivity index (χ1n) is 2.48. The Morgan fingerprint density at radius 3 is 3.33 bits per heavy atom. The molecule has 0 N–H and O–H groups in total. The van der Waals surface area contributed by atoms with Crippen LogP contribution in [0, 0.1) is 0 Å². The Kier molecular flexibility index (Phi) is 0.927. The lowest BCUT2D eigenvalue weighted by Gasteiger charge is -1.86. The standard InChI is InChI=1S/C5H3N3S/c1-2-9-5-4(6-1)3-7-8-5/h1-3H. The number of nitrogens with zero attached hydrogens (tertiary/aromatic N) is 3. The normalized spacial score (nSPS) is 10.2. The molecule has 0 saturated heterocycles. The molecule has 0 bridgehead atoms. The van der Waals surface area contributed by atoms with Gasteiger partial charge in [-0.25, -0.2) is 0 Å². The van der Waals surface area contributed by atoms with E-state index in [2.05, 4.69) is 15.2 Å². The largest absolute Gasteiger partial charge is 0.251 e. The van der Waals surface area contributed by atoms with E-state index in [0.29, 0.717) is 0 Å². The molecule has 0 aliphatic carbocycles. The summed E-state index contributed by atoms with van der Waals surface area (Å²) < 4.78 is 0. The highest BCUT2D eigenvalue weighted by atomic mass is 32.1. The smallest absolute Gasteiger partial charge is 0.166 e. The van der Waals surface area contributed by atoms with Crippen molar-refractivity contribution >= 4 is 11.3 Å². The first-order valence-corrected chi connectivity index (χ1v) is 3.36. The third-order valence-corrected chi connectivity index (χ3v) is 1.77. The van der Waals surface area contributed by atoms with Gasteiger partial charge in [-0.1, -0.05) is 0 Å². The van der Waals surface area contributed by atoms with E-state index in [1.165, 1.54) is 0 Å². The van der Waals surface area contributed by atoms with E-state index in [4.69, 9.17) is 0 Å². The van der Waals surface area contributed by atoms with Crippen LogP contribution in [-0.4, -0.2) is 15.2 Å². The van der Waals surface area contributed by atoms with Crippen LogP contribution >= 0.6 is 11.3 Å². The van der Waals surface area contributed by atoms with E-state index in [1.807, 2.05) is 5.38 Å². The van der Waals surface area contributed by atoms with Crippen LogP contribution in [0.2, 0.25) is 0 Å². The number of rotatable bonds is 0. The molecule has 0 fully saturated rings. The number of aromatic nitrogens is 3. The van der Waals surface area contributed by atoms with E-state index in [1.54, 1.807) is 23.7 Å². The summed E-state index contributed by atoms with van der Waals surface area (Å²) in [7, 11) is 0. The first kappa shape index (κ1) is 4.81. The third-order valence-electron chi connectivity index (χ3n) is 1.00. The third kappa shape index (κ3) is 0.675. The lowest BCUT2D eigenvalue weighted by Crippen LogP contribution is -1.74. The quantitative estimate of drug-likeness (QED) is 0.544. The van der Waals surface area contributed by atoms with Gasteiger partial charge in [0.15, 0.2) is 5.01 Å². The van der Waals surface area contributed by atoms with Crippen molar-refractivity contribution in [1.82, 2.24) is 15.2 Å². The predicted molar refractivity (Wildman–Crippen MR) is 34.3 cm³/mol. The summed E-state index contributed by atoms with van der Waals surface area (Å²) in [6.45, 7) is 0. The number of hydrogen-bond acceptors (Lipinski definition) is 4. The molecule has 0 spiro atoms. The zero-order chi connectivity index (χ0) is 6.10. The monoisotopic (exact) mass is 137 g/mol. The van der Waals surface area contributed by atoms with Crippen molar-refractivity contribution in [2.45, 2.75) is 0 Å². The Balaban J connectivity index is 2.79. The zero-order valence-corrected chi connectivity index (χ0v) is 5.30. The summed E-state index contributed by atoms with van der Waals surface area (Å²) >= 11 is 1.55. The Morgan fingerprint density at radius 2 is 2.44 bits per heavy atom. The maximum Gasteiger partial charge on any atom is 0.166 e. The first-order chi connectivity index (χ1) is 4.47. The zero-order valence-electron chi connectivity index (χ0n) is 4.48. The van der Waals surface area contributed by atoms with Gasteiger partial charge in [-0.3, -0.25) is 4.98 Å². The average Bonchev–Trinajstić information content (AvgIpc) is 2.33. The van der Waals surface area contributed by atoms with Gasteiger partial charge >= 0.3 is 0 Å². The summed E-state index contributed by atoms with van der Waals surface area (Å²) in [5.74, 6) is 0. The van der Waals surface area contributed by atoms with Gasteiger partial charge in [0.25, 0.3) is 0 Å². The van der Waals surface area contributed by atoms with E-state index < -0.39 is 0 Å². The van der Waals surface area contributed by atoms with Gasteiger partial charge in [0.05, 0.1) is 6.20 Å². The fourth-order valence-electron chi connectivity index (χ4n) is 0.621. The predicted octanol–water partition coefficient (Wildman–Crippen LogP) is 1.04. The van der Waals surface area contributed by atoms with Crippen molar-refractivity contribution in [2.75, 3.05) is 0 Å². The molecule has 9 heavy (non-hydrogen) atoms. The van der Waals surface area contributed by atoms with E-state index in [0.717, 1.165) is 10.7 Å². The van der Waals surface area contributed by atoms with Gasteiger partial charge in [0.1, 0.15) is 5.69 Å². The van der Waals surface area contributed by atoms with Crippen molar-refractivity contribution < 1.29 is 0 Å². The molecule has 0 saturated carbocycles. The van der Waals surface area contributed by atoms with Crippen molar-refractivity contribution in [2.24, 2.45) is 0 Å². The summed E-state index contributed by atoms with van der Waals surface area (Å²) in [5, 5.41) is 10.3. The minimum absolute atomic E-state index is 0.877. The molecule has 4 heteroatoms. The summed E-state index contributed by atoms with van der Waals surface area (Å²) in [4.78, 5) is 4.03. The van der Waals surface area contributed by atoms with Gasteiger partial charge in [0, 0.05) is 11.6 Å². The van der Waals surface area contributed by atoms with Crippen LogP contribution in [0.1, 0.15) is 0 Å². The minimum Gasteiger partial charge on any atom is -0.251 e. The van der Waals surface area contributed by atoms with Crippen LogP contribution < -0.4 is 0 Å². The molecule has 2 aliphatic rings. The van der Waals surface area contributed by atoms with Crippen molar-refractivity contribution in [1.29, 1.82) is 0 Å². The molecule has 2 aliphatic heterocycles. The molecule has 2 heterocycles. The van der Waals surface area contributed by atoms with Gasteiger partial charge in [0.2, 0.25) is 0 Å². The lowest BCUT2D eigenvalue weighted by molar-refractivity contribution is 1.11. The fraction of sp³-hybridized carbons (Fsp3) is 0. The Bertz CT molecular complexity index is 252. The maximum absolute atomic E-state index is 4.03. The second-order valence-electron chi connectivity index (χ2n) is 1.57. The fourth-order valence-corrected chi connectivity index (χ4v) is 1.19. The molecule has 0 aromatic heterocycles. The summed E-state index contributed by atoms with van der Waals surface area (Å²) in [5.41, 5.74) is 0.877. The highest BCUT2D eigenvalue weighted by molar-refractivity contribution is 7.12. The molecule has 44 valence electrons. The Morgan fingerprint density at radius 1 is 1.44 bits per heavy atom. The number of hydrogen-bond donors (Lipinski definition) is 0. The lowest BCUT2D eigenvalue weighted by atomic mass is 10.5. The minimum atomic E-state index is 0.877. The van der Waals surface area contributed by atoms with Crippen LogP contribution in [0.5, 0.6) is 0 Å². The van der Waals surface area contributed by atoms with E-state index >= 15 is 0 Å². The van der Waals surface area contributed by atoms with E-state index in [9.17, 15) is 0 Å². The topological polar surface area (TPSA) is 38.7 Å². The second kappa shape index (κ2) is 1.73. The SMILES string of the molecule is c1csc2nncc-2n1. The second-order valence-corrected chi connectivity index (χ2v) is 2.46. The highest BCUT2D eigenvalue weighted by Gasteiger charge is 2.02. The van der Waals surface area contributed by atoms with E-state index in [-0.39, 0.29) is 0 Å². The van der Waals surface area contributed by atoms with Gasteiger partial charge < -0.3 is 0 Å². The van der Waals surface area contributed by atoms with Crippen LogP contribution in [0.25, 0.3) is 10.7 Å². The van der Waals surface area contributed by atoms with Crippen LogP contribution in [0.15, 0.2) is 17.8 Å². The van der Waals surface area contributed by atoms with Crippen molar-refractivity contribution in [3.63, 3.8) is 0 Å². The molecule has 0 amide bonds. The molecule has 0 unspecified atom stereocenters. The van der Waals surface area contributed by atoms with Crippen molar-refractivity contribution in [3.05, 3.63) is 17.8 Å². The van der Waals surface area contributed by atoms with Crippen molar-refractivity contribution in [3.8, 4) is 10.7 Å². The molecule has 3 nitrogen and oxygen atoms in total. The van der Waals surface area contributed by atoms with Crippen LogP contribution in [0.3, 0.4) is 0 Å². The molecule has 0 atom stereocenters. The molecule has 2 rings (SSSR count). The molecule has 0 radical (unpaired) electrons. The Labute approximate surface area is 55.7 Å². The van der Waals surface area contributed by atoms with Crippen LogP contribution in [0.4, 0.5) is 0 Å². The van der Waals surface area contributed by atoms with Crippen LogP contribution in [-0.2, 0) is 0 Å². The molecular formula is C5H3N3S. The molecule has 0 aromatic carbocycles. The highest BCUT2D eigenvalue weighted by Crippen LogP contribution is 2.17. The van der Waals surface area contributed by atoms with Gasteiger partial charge in [-0.05, 0) is 0 Å². The number of fused-ring (bicyclic) bond motifs is 1. The van der Waals surface area contributed by atoms with Gasteiger partial charge in [-0.15, -0.1) is 16.4 Å². The average molecular weight is 137 g/mol. The molecule has 0 aromatic rings. The Hall–Kier alpha value is -1.03. The van der Waals surface area contributed by atoms with Gasteiger partial charge in [-0.2, -0.15) is 5.10 Å². The summed E-state index contributed by atoms with van der Waals surface area (Å²) in [6.07, 6.45) is 3.40.